The van der Waals surface area contributed by atoms with Gasteiger partial charge in [0, 0.05) is 12.6 Å². The Kier molecular flexibility index (Phi) is 6.89. The molecule has 8 heteroatoms. The number of hydrogen-bond donors (Lipinski definition) is 0. The van der Waals surface area contributed by atoms with Crippen molar-refractivity contribution in [2.24, 2.45) is 0 Å². The fraction of sp³-hybridized carbons (Fsp3) is 0.227. The second-order valence-corrected chi connectivity index (χ2v) is 9.30. The van der Waals surface area contributed by atoms with Crippen LogP contribution in [0.2, 0.25) is 0 Å². The maximum atomic E-state index is 13.0. The standard InChI is InChI=1S/C22H22FNO4S2/c1-3-16(2)24(22(25)21-5-4-14-29-21)15-17-6-10-19(11-7-17)28-30(26,27)20-12-8-18(23)9-13-20/h4-14,16H,3,15H2,1-2H3. The zero-order chi connectivity index (χ0) is 21.7. The summed E-state index contributed by atoms with van der Waals surface area (Å²) in [6.45, 7) is 4.42. The van der Waals surface area contributed by atoms with E-state index in [-0.39, 0.29) is 22.6 Å². The summed E-state index contributed by atoms with van der Waals surface area (Å²) < 4.78 is 42.8. The summed E-state index contributed by atoms with van der Waals surface area (Å²) in [6, 6.07) is 14.7. The van der Waals surface area contributed by atoms with Gasteiger partial charge >= 0.3 is 10.1 Å². The van der Waals surface area contributed by atoms with E-state index in [0.29, 0.717) is 11.4 Å². The first-order chi connectivity index (χ1) is 14.3. The molecule has 1 atom stereocenters. The average molecular weight is 448 g/mol. The van der Waals surface area contributed by atoms with Crippen molar-refractivity contribution in [3.8, 4) is 5.75 Å². The molecular formula is C22H22FNO4S2. The molecule has 0 N–H and O–H groups in total. The smallest absolute Gasteiger partial charge is 0.339 e. The van der Waals surface area contributed by atoms with Crippen LogP contribution in [0.25, 0.3) is 0 Å². The van der Waals surface area contributed by atoms with E-state index in [9.17, 15) is 17.6 Å². The van der Waals surface area contributed by atoms with Crippen LogP contribution in [0.4, 0.5) is 4.39 Å². The first-order valence-electron chi connectivity index (χ1n) is 9.43. The van der Waals surface area contributed by atoms with Crippen molar-refractivity contribution < 1.29 is 21.8 Å². The number of nitrogens with zero attached hydrogens (tertiary/aromatic N) is 1. The quantitative estimate of drug-likeness (QED) is 0.451. The Labute approximate surface area is 179 Å². The minimum absolute atomic E-state index is 0.0291. The molecule has 0 fully saturated rings. The Morgan fingerprint density at radius 3 is 2.33 bits per heavy atom. The second kappa shape index (κ2) is 9.40. The van der Waals surface area contributed by atoms with Crippen molar-refractivity contribution >= 4 is 27.4 Å². The number of carbonyl (C=O) groups is 1. The number of amides is 1. The molecule has 5 nitrogen and oxygen atoms in total. The summed E-state index contributed by atoms with van der Waals surface area (Å²) >= 11 is 1.40. The van der Waals surface area contributed by atoms with E-state index in [0.717, 1.165) is 36.2 Å². The van der Waals surface area contributed by atoms with E-state index in [1.807, 2.05) is 25.3 Å². The SMILES string of the molecule is CCC(C)N(Cc1ccc(OS(=O)(=O)c2ccc(F)cc2)cc1)C(=O)c1cccs1. The largest absolute Gasteiger partial charge is 0.379 e. The summed E-state index contributed by atoms with van der Waals surface area (Å²) in [4.78, 5) is 15.2. The molecule has 0 aliphatic rings. The van der Waals surface area contributed by atoms with E-state index in [1.165, 1.54) is 11.3 Å². The molecule has 3 aromatic rings. The molecule has 0 saturated carbocycles. The lowest BCUT2D eigenvalue weighted by Gasteiger charge is -2.28. The van der Waals surface area contributed by atoms with Crippen LogP contribution in [0.3, 0.4) is 0 Å². The number of hydrogen-bond acceptors (Lipinski definition) is 5. The predicted molar refractivity (Wildman–Crippen MR) is 115 cm³/mol. The third-order valence-corrected chi connectivity index (χ3v) is 6.82. The molecule has 0 aliphatic heterocycles. The first kappa shape index (κ1) is 22.0. The van der Waals surface area contributed by atoms with Gasteiger partial charge in [0.15, 0.2) is 0 Å². The number of halogens is 1. The lowest BCUT2D eigenvalue weighted by Crippen LogP contribution is -2.37. The molecular weight excluding hydrogens is 425 g/mol. The maximum absolute atomic E-state index is 13.0. The Morgan fingerprint density at radius 1 is 1.10 bits per heavy atom. The molecule has 158 valence electrons. The average Bonchev–Trinajstić information content (AvgIpc) is 3.27. The van der Waals surface area contributed by atoms with Gasteiger partial charge < -0.3 is 9.08 Å². The molecule has 30 heavy (non-hydrogen) atoms. The van der Waals surface area contributed by atoms with E-state index in [4.69, 9.17) is 4.18 Å². The molecule has 3 rings (SSSR count). The highest BCUT2D eigenvalue weighted by atomic mass is 32.2. The number of thiophene rings is 1. The molecule has 1 aromatic heterocycles. The van der Waals surface area contributed by atoms with E-state index in [1.54, 1.807) is 35.2 Å². The van der Waals surface area contributed by atoms with Crippen LogP contribution in [0.1, 0.15) is 35.5 Å². The van der Waals surface area contributed by atoms with Gasteiger partial charge in [-0.2, -0.15) is 8.42 Å². The molecule has 0 bridgehead atoms. The molecule has 0 radical (unpaired) electrons. The van der Waals surface area contributed by atoms with Crippen molar-refractivity contribution in [1.29, 1.82) is 0 Å². The Bertz CT molecular complexity index is 1080. The zero-order valence-corrected chi connectivity index (χ0v) is 18.3. The predicted octanol–water partition coefficient (Wildman–Crippen LogP) is 5.10. The Hall–Kier alpha value is -2.71. The van der Waals surface area contributed by atoms with Crippen LogP contribution >= 0.6 is 11.3 Å². The van der Waals surface area contributed by atoms with Crippen LogP contribution < -0.4 is 4.18 Å². The van der Waals surface area contributed by atoms with Crippen molar-refractivity contribution in [2.45, 2.75) is 37.8 Å². The van der Waals surface area contributed by atoms with Crippen LogP contribution in [-0.2, 0) is 16.7 Å². The van der Waals surface area contributed by atoms with Gasteiger partial charge in [0.1, 0.15) is 16.5 Å². The summed E-state index contributed by atoms with van der Waals surface area (Å²) in [6.07, 6.45) is 0.814. The Balaban J connectivity index is 1.74. The zero-order valence-electron chi connectivity index (χ0n) is 16.6. The van der Waals surface area contributed by atoms with Gasteiger partial charge in [-0.25, -0.2) is 4.39 Å². The molecule has 0 spiro atoms. The van der Waals surface area contributed by atoms with Crippen LogP contribution in [-0.4, -0.2) is 25.3 Å². The van der Waals surface area contributed by atoms with Gasteiger partial charge in [-0.1, -0.05) is 25.1 Å². The van der Waals surface area contributed by atoms with Crippen molar-refractivity contribution in [2.75, 3.05) is 0 Å². The summed E-state index contributed by atoms with van der Waals surface area (Å²) in [5.41, 5.74) is 0.853. The van der Waals surface area contributed by atoms with Gasteiger partial charge in [0.05, 0.1) is 4.88 Å². The molecule has 1 heterocycles. The van der Waals surface area contributed by atoms with Gasteiger partial charge in [0.25, 0.3) is 5.91 Å². The first-order valence-corrected chi connectivity index (χ1v) is 11.7. The number of carbonyl (C=O) groups excluding carboxylic acids is 1. The van der Waals surface area contributed by atoms with Gasteiger partial charge in [-0.05, 0) is 66.8 Å². The number of rotatable bonds is 8. The van der Waals surface area contributed by atoms with E-state index >= 15 is 0 Å². The fourth-order valence-corrected chi connectivity index (χ4v) is 4.42. The highest BCUT2D eigenvalue weighted by Crippen LogP contribution is 2.22. The van der Waals surface area contributed by atoms with Gasteiger partial charge in [-0.15, -0.1) is 11.3 Å². The van der Waals surface area contributed by atoms with E-state index < -0.39 is 15.9 Å². The van der Waals surface area contributed by atoms with Crippen molar-refractivity contribution in [1.82, 2.24) is 4.90 Å². The lowest BCUT2D eigenvalue weighted by atomic mass is 10.1. The van der Waals surface area contributed by atoms with Crippen molar-refractivity contribution in [3.63, 3.8) is 0 Å². The Morgan fingerprint density at radius 2 is 1.77 bits per heavy atom. The molecule has 1 amide bonds. The maximum Gasteiger partial charge on any atom is 0.339 e. The topological polar surface area (TPSA) is 63.7 Å². The summed E-state index contributed by atoms with van der Waals surface area (Å²) in [7, 11) is -4.06. The summed E-state index contributed by atoms with van der Waals surface area (Å²) in [5.74, 6) is -0.414. The van der Waals surface area contributed by atoms with Crippen LogP contribution in [0, 0.1) is 5.82 Å². The van der Waals surface area contributed by atoms with Crippen LogP contribution in [0.5, 0.6) is 5.75 Å². The third-order valence-electron chi connectivity index (χ3n) is 4.70. The summed E-state index contributed by atoms with van der Waals surface area (Å²) in [5, 5.41) is 1.87. The highest BCUT2D eigenvalue weighted by molar-refractivity contribution is 7.87. The fourth-order valence-electron chi connectivity index (χ4n) is 2.81. The lowest BCUT2D eigenvalue weighted by molar-refractivity contribution is 0.0676. The minimum atomic E-state index is -4.06. The molecule has 0 aliphatic carbocycles. The normalized spacial score (nSPS) is 12.4. The van der Waals surface area contributed by atoms with E-state index in [2.05, 4.69) is 0 Å². The van der Waals surface area contributed by atoms with Crippen LogP contribution in [0.15, 0.2) is 70.9 Å². The monoisotopic (exact) mass is 447 g/mol. The van der Waals surface area contributed by atoms with Gasteiger partial charge in [-0.3, -0.25) is 4.79 Å². The molecule has 2 aromatic carbocycles. The second-order valence-electron chi connectivity index (χ2n) is 6.80. The molecule has 1 unspecified atom stereocenters. The van der Waals surface area contributed by atoms with Crippen molar-refractivity contribution in [3.05, 3.63) is 82.3 Å². The number of benzene rings is 2. The third kappa shape index (κ3) is 5.25. The molecule has 0 saturated heterocycles. The minimum Gasteiger partial charge on any atom is -0.379 e. The van der Waals surface area contributed by atoms with Gasteiger partial charge in [0.2, 0.25) is 0 Å². The highest BCUT2D eigenvalue weighted by Gasteiger charge is 2.22.